The molecule has 0 heterocycles. The Morgan fingerprint density at radius 2 is 1.43 bits per heavy atom. The Labute approximate surface area is 73.4 Å². The fourth-order valence-electron chi connectivity index (χ4n) is 0. The molecule has 0 saturated carbocycles. The summed E-state index contributed by atoms with van der Waals surface area (Å²) in [6, 6.07) is 0. The zero-order chi connectivity index (χ0) is 4.28. The van der Waals surface area contributed by atoms with Gasteiger partial charge in [-0.05, 0) is 13.1 Å². The van der Waals surface area contributed by atoms with Gasteiger partial charge in [0.15, 0.2) is 0 Å². The molecule has 42 valence electrons. The molecule has 0 aliphatic carbocycles. The predicted molar refractivity (Wildman–Crippen MR) is 30.9 cm³/mol. The van der Waals surface area contributed by atoms with Crippen LogP contribution in [0.3, 0.4) is 0 Å². The predicted octanol–water partition coefficient (Wildman–Crippen LogP) is 1.33. The van der Waals surface area contributed by atoms with Crippen LogP contribution in [0.5, 0.6) is 0 Å². The van der Waals surface area contributed by atoms with E-state index in [1.165, 1.54) is 0 Å². The van der Waals surface area contributed by atoms with Crippen molar-refractivity contribution >= 4 is 9.04 Å². The van der Waals surface area contributed by atoms with E-state index in [0.29, 0.717) is 0 Å². The third-order valence-corrected chi connectivity index (χ3v) is 1.22. The third-order valence-electron chi connectivity index (χ3n) is 0.408. The standard InChI is InChI=1S/C3H9OSi.CH3.Y/c1-4-5(2)3;;/h1-3H3;1H3;/q;-1;. The topological polar surface area (TPSA) is 9.23 Å². The molecule has 0 aromatic heterocycles. The molecule has 0 aliphatic rings. The van der Waals surface area contributed by atoms with Crippen LogP contribution < -0.4 is 0 Å². The van der Waals surface area contributed by atoms with Crippen LogP contribution in [0.4, 0.5) is 0 Å². The van der Waals surface area contributed by atoms with E-state index in [2.05, 4.69) is 13.1 Å². The smallest absolute Gasteiger partial charge is 0.204 e. The maximum absolute atomic E-state index is 4.85. The quantitative estimate of drug-likeness (QED) is 0.451. The number of hydrogen-bond acceptors (Lipinski definition) is 1. The van der Waals surface area contributed by atoms with Crippen molar-refractivity contribution in [2.45, 2.75) is 13.1 Å². The van der Waals surface area contributed by atoms with Crippen LogP contribution in [0.15, 0.2) is 0 Å². The first kappa shape index (κ1) is 15.7. The maximum Gasteiger partial charge on any atom is 0.204 e. The van der Waals surface area contributed by atoms with E-state index in [0.717, 1.165) is 0 Å². The average molecular weight is 193 g/mol. The summed E-state index contributed by atoms with van der Waals surface area (Å²) < 4.78 is 4.85. The van der Waals surface area contributed by atoms with Crippen molar-refractivity contribution in [3.63, 3.8) is 0 Å². The molecule has 7 heavy (non-hydrogen) atoms. The van der Waals surface area contributed by atoms with Crippen LogP contribution in [-0.2, 0) is 37.1 Å². The summed E-state index contributed by atoms with van der Waals surface area (Å²) in [5.41, 5.74) is 0. The van der Waals surface area contributed by atoms with E-state index in [-0.39, 0.29) is 49.2 Å². The number of hydrogen-bond donors (Lipinski definition) is 0. The second-order valence-corrected chi connectivity index (χ2v) is 3.34. The van der Waals surface area contributed by atoms with E-state index in [4.69, 9.17) is 4.43 Å². The van der Waals surface area contributed by atoms with Crippen molar-refractivity contribution in [2.75, 3.05) is 7.11 Å². The van der Waals surface area contributed by atoms with E-state index in [9.17, 15) is 0 Å². The van der Waals surface area contributed by atoms with Crippen molar-refractivity contribution in [1.82, 2.24) is 0 Å². The van der Waals surface area contributed by atoms with Gasteiger partial charge in [-0.2, -0.15) is 0 Å². The molecular weight excluding hydrogens is 181 g/mol. The molecule has 0 unspecified atom stereocenters. The Hall–Kier alpha value is 1.28. The van der Waals surface area contributed by atoms with Gasteiger partial charge < -0.3 is 11.9 Å². The Morgan fingerprint density at radius 3 is 1.43 bits per heavy atom. The van der Waals surface area contributed by atoms with Crippen LogP contribution in [0, 0.1) is 7.43 Å². The van der Waals surface area contributed by atoms with Crippen molar-refractivity contribution in [1.29, 1.82) is 0 Å². The molecule has 3 heteroatoms. The largest absolute Gasteiger partial charge is 0.420 e. The van der Waals surface area contributed by atoms with Gasteiger partial charge in [0.05, 0.1) is 0 Å². The third kappa shape index (κ3) is 18.9. The molecule has 0 fully saturated rings. The summed E-state index contributed by atoms with van der Waals surface area (Å²) in [6.45, 7) is 4.20. The van der Waals surface area contributed by atoms with Gasteiger partial charge in [0.25, 0.3) is 0 Å². The van der Waals surface area contributed by atoms with Crippen LogP contribution in [0.1, 0.15) is 0 Å². The Morgan fingerprint density at radius 1 is 1.29 bits per heavy atom. The van der Waals surface area contributed by atoms with Crippen LogP contribution in [-0.4, -0.2) is 16.2 Å². The Bertz CT molecular complexity index is 25.7. The second-order valence-electron chi connectivity index (χ2n) is 1.11. The molecule has 0 amide bonds. The summed E-state index contributed by atoms with van der Waals surface area (Å²) in [7, 11) is 1.37. The average Bonchev–Trinajstić information content (AvgIpc) is 1.38. The van der Waals surface area contributed by atoms with Gasteiger partial charge in [-0.15, -0.1) is 0 Å². The molecule has 0 aromatic carbocycles. The normalized spacial score (nSPS) is 6.86. The van der Waals surface area contributed by atoms with Gasteiger partial charge in [-0.3, -0.25) is 0 Å². The van der Waals surface area contributed by atoms with Crippen molar-refractivity contribution < 1.29 is 37.1 Å². The minimum Gasteiger partial charge on any atom is -0.420 e. The molecule has 0 rings (SSSR count). The van der Waals surface area contributed by atoms with Gasteiger partial charge in [0, 0.05) is 39.8 Å². The van der Waals surface area contributed by atoms with E-state index in [1.807, 2.05) is 0 Å². The fraction of sp³-hybridized carbons (Fsp3) is 0.750. The van der Waals surface area contributed by atoms with E-state index >= 15 is 0 Å². The summed E-state index contributed by atoms with van der Waals surface area (Å²) in [5, 5.41) is 0. The second kappa shape index (κ2) is 10.3. The first-order chi connectivity index (χ1) is 2.27. The summed E-state index contributed by atoms with van der Waals surface area (Å²) in [5.74, 6) is 0. The molecule has 0 aliphatic heterocycles. The van der Waals surface area contributed by atoms with Crippen molar-refractivity contribution in [3.05, 3.63) is 7.43 Å². The fourth-order valence-corrected chi connectivity index (χ4v) is 0. The molecule has 0 bridgehead atoms. The van der Waals surface area contributed by atoms with Gasteiger partial charge in [-0.1, -0.05) is 0 Å². The molecule has 1 nitrogen and oxygen atoms in total. The molecule has 0 atom stereocenters. The van der Waals surface area contributed by atoms with Gasteiger partial charge in [0.2, 0.25) is 9.04 Å². The zero-order valence-corrected chi connectivity index (χ0v) is 9.32. The van der Waals surface area contributed by atoms with Gasteiger partial charge in [0.1, 0.15) is 0 Å². The summed E-state index contributed by atoms with van der Waals surface area (Å²) in [6.07, 6.45) is 0. The van der Waals surface area contributed by atoms with Crippen LogP contribution in [0.25, 0.3) is 0 Å². The first-order valence-electron chi connectivity index (χ1n) is 1.61. The molecule has 2 radical (unpaired) electrons. The zero-order valence-electron chi connectivity index (χ0n) is 5.49. The van der Waals surface area contributed by atoms with Crippen LogP contribution >= 0.6 is 0 Å². The van der Waals surface area contributed by atoms with Gasteiger partial charge >= 0.3 is 0 Å². The molecule has 0 N–H and O–H groups in total. The van der Waals surface area contributed by atoms with Crippen LogP contribution in [0.2, 0.25) is 13.1 Å². The van der Waals surface area contributed by atoms with Crippen molar-refractivity contribution in [2.24, 2.45) is 0 Å². The Balaban J connectivity index is -0.0000000800. The molecule has 0 aromatic rings. The molecule has 0 saturated heterocycles. The molecular formula is C4H12OSiY-. The van der Waals surface area contributed by atoms with E-state index in [1.54, 1.807) is 7.11 Å². The Kier molecular flexibility index (Phi) is 23.2. The number of rotatable bonds is 1. The monoisotopic (exact) mass is 193 g/mol. The summed E-state index contributed by atoms with van der Waals surface area (Å²) in [4.78, 5) is 0. The van der Waals surface area contributed by atoms with Gasteiger partial charge in [-0.25, -0.2) is 0 Å². The van der Waals surface area contributed by atoms with Crippen molar-refractivity contribution in [3.8, 4) is 0 Å². The first-order valence-corrected chi connectivity index (χ1v) is 4.02. The summed E-state index contributed by atoms with van der Waals surface area (Å²) >= 11 is 0. The van der Waals surface area contributed by atoms with E-state index < -0.39 is 0 Å². The minimum absolute atomic E-state index is 0. The minimum atomic E-state index is -0.374. The molecule has 0 spiro atoms. The maximum atomic E-state index is 4.85. The SMILES string of the molecule is CO[Si](C)C.[CH3-].[Y].